The minimum Gasteiger partial charge on any atom is -0.387 e. The van der Waals surface area contributed by atoms with E-state index in [-0.39, 0.29) is 12.4 Å². The first-order valence-corrected chi connectivity index (χ1v) is 6.80. The summed E-state index contributed by atoms with van der Waals surface area (Å²) in [5.74, 6) is -0.304. The first kappa shape index (κ1) is 14.0. The SMILES string of the molecule is Cc1cccc(F)c1NCC(O)c1cccc(Br)c1. The molecule has 2 N–H and O–H groups in total. The van der Waals surface area contributed by atoms with E-state index in [1.54, 1.807) is 6.07 Å². The number of rotatable bonds is 4. The van der Waals surface area contributed by atoms with E-state index >= 15 is 0 Å². The molecule has 1 unspecified atom stereocenters. The van der Waals surface area contributed by atoms with E-state index in [1.807, 2.05) is 37.3 Å². The fraction of sp³-hybridized carbons (Fsp3) is 0.200. The second-order valence-corrected chi connectivity index (χ2v) is 5.30. The predicted octanol–water partition coefficient (Wildman–Crippen LogP) is 4.04. The Kier molecular flexibility index (Phi) is 4.56. The molecule has 0 saturated carbocycles. The number of aryl methyl sites for hydroxylation is 1. The van der Waals surface area contributed by atoms with E-state index in [0.29, 0.717) is 5.69 Å². The lowest BCUT2D eigenvalue weighted by molar-refractivity contribution is 0.191. The van der Waals surface area contributed by atoms with Gasteiger partial charge in [-0.15, -0.1) is 0 Å². The van der Waals surface area contributed by atoms with Gasteiger partial charge in [-0.1, -0.05) is 40.2 Å². The third kappa shape index (κ3) is 3.55. The minimum atomic E-state index is -0.684. The van der Waals surface area contributed by atoms with Gasteiger partial charge in [-0.05, 0) is 36.2 Å². The molecule has 0 aliphatic carbocycles. The van der Waals surface area contributed by atoms with Gasteiger partial charge in [0.05, 0.1) is 11.8 Å². The molecule has 0 fully saturated rings. The van der Waals surface area contributed by atoms with Crippen LogP contribution in [0.3, 0.4) is 0 Å². The van der Waals surface area contributed by atoms with Gasteiger partial charge in [-0.3, -0.25) is 0 Å². The molecule has 0 aromatic heterocycles. The number of halogens is 2. The van der Waals surface area contributed by atoms with Crippen molar-refractivity contribution in [3.63, 3.8) is 0 Å². The molecular formula is C15H15BrFNO. The molecule has 0 heterocycles. The maximum atomic E-state index is 13.6. The van der Waals surface area contributed by atoms with Crippen LogP contribution in [0.5, 0.6) is 0 Å². The zero-order valence-electron chi connectivity index (χ0n) is 10.5. The smallest absolute Gasteiger partial charge is 0.146 e. The monoisotopic (exact) mass is 323 g/mol. The average Bonchev–Trinajstić information content (AvgIpc) is 2.38. The van der Waals surface area contributed by atoms with E-state index in [0.717, 1.165) is 15.6 Å². The van der Waals surface area contributed by atoms with Gasteiger partial charge >= 0.3 is 0 Å². The summed E-state index contributed by atoms with van der Waals surface area (Å²) in [6, 6.07) is 12.3. The normalized spacial score (nSPS) is 12.2. The van der Waals surface area contributed by atoms with E-state index in [1.165, 1.54) is 6.07 Å². The number of benzene rings is 2. The largest absolute Gasteiger partial charge is 0.387 e. The highest BCUT2D eigenvalue weighted by Gasteiger charge is 2.10. The molecule has 2 aromatic rings. The third-order valence-electron chi connectivity index (χ3n) is 2.93. The van der Waals surface area contributed by atoms with Crippen molar-refractivity contribution >= 4 is 21.6 Å². The molecule has 0 amide bonds. The van der Waals surface area contributed by atoms with Gasteiger partial charge < -0.3 is 10.4 Å². The number of para-hydroxylation sites is 1. The van der Waals surface area contributed by atoms with Gasteiger partial charge in [0.2, 0.25) is 0 Å². The summed E-state index contributed by atoms with van der Waals surface area (Å²) >= 11 is 3.36. The fourth-order valence-corrected chi connectivity index (χ4v) is 2.30. The molecule has 0 aliphatic heterocycles. The quantitative estimate of drug-likeness (QED) is 0.889. The summed E-state index contributed by atoms with van der Waals surface area (Å²) in [4.78, 5) is 0. The topological polar surface area (TPSA) is 32.3 Å². The van der Waals surface area contributed by atoms with E-state index in [4.69, 9.17) is 0 Å². The third-order valence-corrected chi connectivity index (χ3v) is 3.42. The molecular weight excluding hydrogens is 309 g/mol. The van der Waals surface area contributed by atoms with Crippen LogP contribution in [0.15, 0.2) is 46.9 Å². The molecule has 0 bridgehead atoms. The number of aliphatic hydroxyl groups excluding tert-OH is 1. The van der Waals surface area contributed by atoms with Crippen LogP contribution in [0.2, 0.25) is 0 Å². The van der Waals surface area contributed by atoms with Crippen LogP contribution in [0, 0.1) is 12.7 Å². The summed E-state index contributed by atoms with van der Waals surface area (Å²) in [6.07, 6.45) is -0.684. The lowest BCUT2D eigenvalue weighted by Gasteiger charge is -2.15. The van der Waals surface area contributed by atoms with Crippen molar-refractivity contribution in [2.24, 2.45) is 0 Å². The van der Waals surface area contributed by atoms with Crippen molar-refractivity contribution < 1.29 is 9.50 Å². The van der Waals surface area contributed by atoms with Crippen LogP contribution in [0.1, 0.15) is 17.2 Å². The number of nitrogens with one attached hydrogen (secondary N) is 1. The first-order chi connectivity index (χ1) is 9.08. The summed E-state index contributed by atoms with van der Waals surface area (Å²) in [5.41, 5.74) is 2.05. The van der Waals surface area contributed by atoms with Crippen molar-refractivity contribution in [1.82, 2.24) is 0 Å². The summed E-state index contributed by atoms with van der Waals surface area (Å²) in [7, 11) is 0. The molecule has 0 aliphatic rings. The number of hydrogen-bond acceptors (Lipinski definition) is 2. The number of anilines is 1. The first-order valence-electron chi connectivity index (χ1n) is 6.00. The van der Waals surface area contributed by atoms with E-state index < -0.39 is 6.10 Å². The molecule has 0 radical (unpaired) electrons. The fourth-order valence-electron chi connectivity index (χ4n) is 1.89. The second-order valence-electron chi connectivity index (χ2n) is 4.38. The highest BCUT2D eigenvalue weighted by atomic mass is 79.9. The van der Waals surface area contributed by atoms with E-state index in [9.17, 15) is 9.50 Å². The number of hydrogen-bond donors (Lipinski definition) is 2. The Balaban J connectivity index is 2.06. The average molecular weight is 324 g/mol. The lowest BCUT2D eigenvalue weighted by atomic mass is 10.1. The van der Waals surface area contributed by atoms with Crippen LogP contribution in [-0.2, 0) is 0 Å². The molecule has 100 valence electrons. The van der Waals surface area contributed by atoms with Gasteiger partial charge in [0.15, 0.2) is 0 Å². The molecule has 4 heteroatoms. The molecule has 2 nitrogen and oxygen atoms in total. The zero-order chi connectivity index (χ0) is 13.8. The molecule has 19 heavy (non-hydrogen) atoms. The van der Waals surface area contributed by atoms with Gasteiger partial charge in [0.1, 0.15) is 5.82 Å². The Morgan fingerprint density at radius 1 is 1.26 bits per heavy atom. The molecule has 0 saturated heterocycles. The maximum absolute atomic E-state index is 13.6. The Bertz CT molecular complexity index is 554. The van der Waals surface area contributed by atoms with Crippen molar-refractivity contribution in [2.75, 3.05) is 11.9 Å². The Labute approximate surface area is 120 Å². The standard InChI is InChI=1S/C15H15BrFNO/c1-10-4-2-7-13(17)15(10)18-9-14(19)11-5-3-6-12(16)8-11/h2-8,14,18-19H,9H2,1H3. The predicted molar refractivity (Wildman–Crippen MR) is 78.7 cm³/mol. The zero-order valence-corrected chi connectivity index (χ0v) is 12.1. The molecule has 0 spiro atoms. The van der Waals surface area contributed by atoms with E-state index in [2.05, 4.69) is 21.2 Å². The van der Waals surface area contributed by atoms with Crippen LogP contribution >= 0.6 is 15.9 Å². The lowest BCUT2D eigenvalue weighted by Crippen LogP contribution is -2.13. The number of aliphatic hydroxyl groups is 1. The van der Waals surface area contributed by atoms with Crippen molar-refractivity contribution in [2.45, 2.75) is 13.0 Å². The van der Waals surface area contributed by atoms with Gasteiger partial charge in [-0.25, -0.2) is 4.39 Å². The highest BCUT2D eigenvalue weighted by Crippen LogP contribution is 2.22. The highest BCUT2D eigenvalue weighted by molar-refractivity contribution is 9.10. The summed E-state index contributed by atoms with van der Waals surface area (Å²) < 4.78 is 14.5. The Morgan fingerprint density at radius 2 is 2.00 bits per heavy atom. The summed E-state index contributed by atoms with van der Waals surface area (Å²) in [6.45, 7) is 2.09. The van der Waals surface area contributed by atoms with Crippen molar-refractivity contribution in [1.29, 1.82) is 0 Å². The minimum absolute atomic E-state index is 0.262. The second kappa shape index (κ2) is 6.17. The molecule has 2 rings (SSSR count). The van der Waals surface area contributed by atoms with Crippen LogP contribution in [0.4, 0.5) is 10.1 Å². The maximum Gasteiger partial charge on any atom is 0.146 e. The van der Waals surface area contributed by atoms with Gasteiger partial charge in [0, 0.05) is 11.0 Å². The van der Waals surface area contributed by atoms with Gasteiger partial charge in [-0.2, -0.15) is 0 Å². The van der Waals surface area contributed by atoms with Crippen LogP contribution in [0.25, 0.3) is 0 Å². The Hall–Kier alpha value is -1.39. The van der Waals surface area contributed by atoms with Crippen LogP contribution < -0.4 is 5.32 Å². The molecule has 1 atom stereocenters. The van der Waals surface area contributed by atoms with Crippen molar-refractivity contribution in [3.05, 3.63) is 63.9 Å². The molecule has 2 aromatic carbocycles. The Morgan fingerprint density at radius 3 is 2.68 bits per heavy atom. The van der Waals surface area contributed by atoms with Crippen LogP contribution in [-0.4, -0.2) is 11.7 Å². The summed E-state index contributed by atoms with van der Waals surface area (Å²) in [5, 5.41) is 13.0. The van der Waals surface area contributed by atoms with Gasteiger partial charge in [0.25, 0.3) is 0 Å². The van der Waals surface area contributed by atoms with Crippen molar-refractivity contribution in [3.8, 4) is 0 Å².